The smallest absolute Gasteiger partial charge is 0.290 e. The topological polar surface area (TPSA) is 87.1 Å². The second-order valence-corrected chi connectivity index (χ2v) is 9.92. The van der Waals surface area contributed by atoms with Crippen molar-refractivity contribution >= 4 is 11.7 Å². The highest BCUT2D eigenvalue weighted by molar-refractivity contribution is 6.09. The molecule has 0 fully saturated rings. The number of aryl methyl sites for hydroxylation is 1. The molecular formula is C30H31NO5. The van der Waals surface area contributed by atoms with E-state index in [9.17, 15) is 19.8 Å². The molecule has 1 aliphatic heterocycles. The molecule has 3 aromatic rings. The van der Waals surface area contributed by atoms with Crippen molar-refractivity contribution in [2.75, 3.05) is 0 Å². The number of carbonyl (C=O) groups excluding carboxylic acids is 2. The van der Waals surface area contributed by atoms with Gasteiger partial charge in [0.05, 0.1) is 18.2 Å². The predicted molar refractivity (Wildman–Crippen MR) is 138 cm³/mol. The number of phenolic OH excluding ortho intramolecular Hbond substituents is 1. The van der Waals surface area contributed by atoms with Crippen LogP contribution in [-0.4, -0.2) is 32.4 Å². The first-order valence-electron chi connectivity index (χ1n) is 12.0. The second-order valence-electron chi connectivity index (χ2n) is 9.92. The van der Waals surface area contributed by atoms with E-state index in [-0.39, 0.29) is 30.1 Å². The lowest BCUT2D eigenvalue weighted by atomic mass is 9.93. The maximum atomic E-state index is 13.4. The molecule has 1 amide bonds. The van der Waals surface area contributed by atoms with Crippen molar-refractivity contribution in [3.63, 3.8) is 0 Å². The molecule has 0 aliphatic carbocycles. The molecule has 36 heavy (non-hydrogen) atoms. The molecule has 0 saturated heterocycles. The van der Waals surface area contributed by atoms with Crippen LogP contribution in [0.1, 0.15) is 49.9 Å². The minimum atomic E-state index is -0.788. The van der Waals surface area contributed by atoms with E-state index in [0.717, 1.165) is 11.1 Å². The molecule has 0 radical (unpaired) electrons. The van der Waals surface area contributed by atoms with Crippen LogP contribution in [0.4, 0.5) is 0 Å². The Morgan fingerprint density at radius 2 is 1.56 bits per heavy atom. The number of aliphatic hydroxyl groups excluding tert-OH is 1. The van der Waals surface area contributed by atoms with E-state index in [4.69, 9.17) is 4.74 Å². The number of nitrogens with zero attached hydrogens (tertiary/aromatic N) is 1. The zero-order valence-corrected chi connectivity index (χ0v) is 20.8. The van der Waals surface area contributed by atoms with Gasteiger partial charge in [0.1, 0.15) is 17.1 Å². The minimum absolute atomic E-state index is 0.0729. The third kappa shape index (κ3) is 5.60. The van der Waals surface area contributed by atoms with E-state index < -0.39 is 23.3 Å². The van der Waals surface area contributed by atoms with E-state index in [0.29, 0.717) is 17.7 Å². The fourth-order valence-corrected chi connectivity index (χ4v) is 4.39. The molecule has 1 heterocycles. The molecule has 0 bridgehead atoms. The predicted octanol–water partition coefficient (Wildman–Crippen LogP) is 5.67. The van der Waals surface area contributed by atoms with Gasteiger partial charge in [-0.2, -0.15) is 0 Å². The highest BCUT2D eigenvalue weighted by atomic mass is 16.5. The quantitative estimate of drug-likeness (QED) is 0.429. The molecule has 186 valence electrons. The number of rotatable bonds is 8. The molecule has 1 unspecified atom stereocenters. The number of hydrogen-bond acceptors (Lipinski definition) is 5. The number of hydrogen-bond donors (Lipinski definition) is 2. The Morgan fingerprint density at radius 1 is 0.917 bits per heavy atom. The van der Waals surface area contributed by atoms with Crippen molar-refractivity contribution in [1.29, 1.82) is 0 Å². The van der Waals surface area contributed by atoms with Gasteiger partial charge in [-0.05, 0) is 56.5 Å². The van der Waals surface area contributed by atoms with Gasteiger partial charge in [0.2, 0.25) is 0 Å². The van der Waals surface area contributed by atoms with Crippen LogP contribution in [-0.2, 0) is 22.6 Å². The summed E-state index contributed by atoms with van der Waals surface area (Å²) < 4.78 is 6.11. The van der Waals surface area contributed by atoms with Crippen LogP contribution in [0.25, 0.3) is 0 Å². The first-order chi connectivity index (χ1) is 17.1. The first-order valence-corrected chi connectivity index (χ1v) is 12.0. The zero-order chi connectivity index (χ0) is 25.9. The summed E-state index contributed by atoms with van der Waals surface area (Å²) in [6.07, 6.45) is 0.651. The van der Waals surface area contributed by atoms with Crippen LogP contribution in [0.15, 0.2) is 90.2 Å². The Balaban J connectivity index is 1.68. The Bertz CT molecular complexity index is 1270. The number of ether oxygens (including phenoxy) is 1. The van der Waals surface area contributed by atoms with Crippen molar-refractivity contribution in [2.45, 2.75) is 51.8 Å². The van der Waals surface area contributed by atoms with Gasteiger partial charge in [0.15, 0.2) is 11.5 Å². The van der Waals surface area contributed by atoms with Gasteiger partial charge in [-0.3, -0.25) is 9.59 Å². The number of carbonyl (C=O) groups is 2. The Labute approximate surface area is 211 Å². The highest BCUT2D eigenvalue weighted by Crippen LogP contribution is 2.40. The maximum absolute atomic E-state index is 13.4. The van der Waals surface area contributed by atoms with Crippen molar-refractivity contribution < 1.29 is 24.5 Å². The molecule has 0 spiro atoms. The lowest BCUT2D eigenvalue weighted by molar-refractivity contribution is -0.130. The minimum Gasteiger partial charge on any atom is -0.508 e. The Morgan fingerprint density at radius 3 is 2.22 bits per heavy atom. The molecule has 4 rings (SSSR count). The number of amides is 1. The van der Waals surface area contributed by atoms with E-state index in [2.05, 4.69) is 0 Å². The largest absolute Gasteiger partial charge is 0.508 e. The van der Waals surface area contributed by atoms with E-state index in [1.807, 2.05) is 75.4 Å². The van der Waals surface area contributed by atoms with Crippen LogP contribution in [0, 0.1) is 0 Å². The number of ketones is 1. The summed E-state index contributed by atoms with van der Waals surface area (Å²) in [7, 11) is 0. The highest BCUT2D eigenvalue weighted by Gasteiger charge is 2.43. The molecule has 0 aromatic heterocycles. The summed E-state index contributed by atoms with van der Waals surface area (Å²) in [5.41, 5.74) is 2.02. The number of aromatic hydroxyl groups is 1. The van der Waals surface area contributed by atoms with Gasteiger partial charge < -0.3 is 19.8 Å². The van der Waals surface area contributed by atoms with E-state index in [1.165, 1.54) is 17.0 Å². The SMILES string of the molecule is CC(C)(C)Oc1ccccc1CN1C(=O)C(O)=C(C(=O)CCc2ccccc2)C1c1ccc(O)cc1. The third-order valence-corrected chi connectivity index (χ3v) is 6.03. The van der Waals surface area contributed by atoms with Crippen LogP contribution >= 0.6 is 0 Å². The van der Waals surface area contributed by atoms with Crippen LogP contribution in [0.2, 0.25) is 0 Å². The lowest BCUT2D eigenvalue weighted by Gasteiger charge is -2.29. The van der Waals surface area contributed by atoms with Gasteiger partial charge >= 0.3 is 0 Å². The average Bonchev–Trinajstić information content (AvgIpc) is 3.09. The molecule has 0 saturated carbocycles. The van der Waals surface area contributed by atoms with Gasteiger partial charge in [-0.15, -0.1) is 0 Å². The number of aliphatic hydroxyl groups is 1. The monoisotopic (exact) mass is 485 g/mol. The van der Waals surface area contributed by atoms with Crippen molar-refractivity contribution in [2.24, 2.45) is 0 Å². The molecule has 3 aromatic carbocycles. The van der Waals surface area contributed by atoms with E-state index >= 15 is 0 Å². The normalized spacial score (nSPS) is 15.9. The Hall–Kier alpha value is -4.06. The third-order valence-electron chi connectivity index (χ3n) is 6.03. The molecule has 6 heteroatoms. The zero-order valence-electron chi connectivity index (χ0n) is 20.8. The standard InChI is InChI=1S/C30H31NO5/c1-30(2,3)36-25-12-8-7-11-22(25)19-31-27(21-14-16-23(32)17-15-21)26(28(34)29(31)35)24(33)18-13-20-9-5-4-6-10-20/h4-12,14-17,27,32,34H,13,18-19H2,1-3H3. The molecule has 6 nitrogen and oxygen atoms in total. The van der Waals surface area contributed by atoms with Crippen molar-refractivity contribution in [3.8, 4) is 11.5 Å². The van der Waals surface area contributed by atoms with Crippen molar-refractivity contribution in [1.82, 2.24) is 4.90 Å². The number of para-hydroxylation sites is 1. The summed E-state index contributed by atoms with van der Waals surface area (Å²) in [6.45, 7) is 5.97. The maximum Gasteiger partial charge on any atom is 0.290 e. The number of Topliss-reactive ketones (excluding diaryl/α,β-unsaturated/α-hetero) is 1. The Kier molecular flexibility index (Phi) is 7.15. The summed E-state index contributed by atoms with van der Waals surface area (Å²) in [4.78, 5) is 28.2. The van der Waals surface area contributed by atoms with E-state index in [1.54, 1.807) is 12.1 Å². The van der Waals surface area contributed by atoms with Gasteiger partial charge in [0, 0.05) is 12.0 Å². The molecule has 1 aliphatic rings. The summed E-state index contributed by atoms with van der Waals surface area (Å²) >= 11 is 0. The van der Waals surface area contributed by atoms with Crippen molar-refractivity contribution in [3.05, 3.63) is 107 Å². The second kappa shape index (κ2) is 10.3. The number of phenols is 1. The number of benzene rings is 3. The van der Waals surface area contributed by atoms with Crippen LogP contribution in [0.3, 0.4) is 0 Å². The van der Waals surface area contributed by atoms with Gasteiger partial charge in [0.25, 0.3) is 5.91 Å². The fraction of sp³-hybridized carbons (Fsp3) is 0.267. The molecular weight excluding hydrogens is 454 g/mol. The summed E-state index contributed by atoms with van der Waals surface area (Å²) in [5.74, 6) is -0.721. The fourth-order valence-electron chi connectivity index (χ4n) is 4.39. The molecule has 1 atom stereocenters. The summed E-state index contributed by atoms with van der Waals surface area (Å²) in [5, 5.41) is 20.7. The average molecular weight is 486 g/mol. The first kappa shape index (κ1) is 25.0. The lowest BCUT2D eigenvalue weighted by Crippen LogP contribution is -2.31. The van der Waals surface area contributed by atoms with Gasteiger partial charge in [-0.25, -0.2) is 0 Å². The van der Waals surface area contributed by atoms with Gasteiger partial charge in [-0.1, -0.05) is 60.7 Å². The summed E-state index contributed by atoms with van der Waals surface area (Å²) in [6, 6.07) is 22.6. The molecule has 2 N–H and O–H groups in total. The van der Waals surface area contributed by atoms with Crippen LogP contribution < -0.4 is 4.74 Å². The van der Waals surface area contributed by atoms with Crippen LogP contribution in [0.5, 0.6) is 11.5 Å².